The number of aromatic nitrogens is 4. The molecule has 168 valence electrons. The van der Waals surface area contributed by atoms with E-state index >= 15 is 0 Å². The van der Waals surface area contributed by atoms with Crippen molar-refractivity contribution in [3.8, 4) is 22.7 Å². The molecule has 3 N–H and O–H groups in total. The Hall–Kier alpha value is -2.05. The van der Waals surface area contributed by atoms with Crippen molar-refractivity contribution in [2.75, 3.05) is 13.7 Å². The molecule has 1 aliphatic rings. The number of thiol groups is 1. The van der Waals surface area contributed by atoms with Gasteiger partial charge in [0.05, 0.1) is 24.4 Å². The maximum Gasteiger partial charge on any atom is 0.271 e. The van der Waals surface area contributed by atoms with Crippen LogP contribution in [-0.2, 0) is 15.0 Å². The fourth-order valence-electron chi connectivity index (χ4n) is 4.02. The van der Waals surface area contributed by atoms with E-state index in [1.54, 1.807) is 23.6 Å². The van der Waals surface area contributed by atoms with Gasteiger partial charge in [-0.2, -0.15) is 5.26 Å². The van der Waals surface area contributed by atoms with E-state index in [1.165, 1.54) is 18.0 Å². The molecule has 1 aromatic carbocycles. The standard InChI is InChI=1S/C19H18BrN5O5S2/c1-29-16-17(31)30-14(7-26)15(27)19(16,11-4-10(20)3-2-9(11)5-21)25-6-12(23-24-25)13-8-32-18(28)22-13/h2-4,6,8,14-17,26-27,31H,7H2,1H3,(H,22,28)/t14-,15+,16+,17-,19?/m1/s1. The minimum Gasteiger partial charge on any atom is -0.486 e. The average molecular weight is 540 g/mol. The Bertz CT molecular complexity index is 1170. The van der Waals surface area contributed by atoms with Gasteiger partial charge in [-0.3, -0.25) is 0 Å². The first-order chi connectivity index (χ1) is 15.4. The SMILES string of the molecule is CO[C@H]1[C@@H](S)O[C@H](CO)[C@H](O)C1(c1cc(Br)ccc1C#N)n1cc(-c2csc(O)n2)nn1. The molecule has 32 heavy (non-hydrogen) atoms. The van der Waals surface area contributed by atoms with Crippen molar-refractivity contribution in [3.05, 3.63) is 45.4 Å². The number of aliphatic hydroxyl groups excluding tert-OH is 2. The molecule has 10 nitrogen and oxygen atoms in total. The molecule has 5 atom stereocenters. The molecule has 4 rings (SSSR count). The number of ether oxygens (including phenoxy) is 2. The fourth-order valence-corrected chi connectivity index (χ4v) is 5.43. The van der Waals surface area contributed by atoms with Gasteiger partial charge in [0.1, 0.15) is 40.7 Å². The van der Waals surface area contributed by atoms with Crippen LogP contribution in [0, 0.1) is 11.3 Å². The molecular weight excluding hydrogens is 522 g/mol. The molecule has 13 heteroatoms. The van der Waals surface area contributed by atoms with Crippen molar-refractivity contribution >= 4 is 39.9 Å². The molecule has 0 spiro atoms. The Morgan fingerprint density at radius 3 is 2.84 bits per heavy atom. The van der Waals surface area contributed by atoms with Crippen molar-refractivity contribution in [1.82, 2.24) is 20.0 Å². The second-order valence-electron chi connectivity index (χ2n) is 7.04. The van der Waals surface area contributed by atoms with Gasteiger partial charge in [0.2, 0.25) is 0 Å². The van der Waals surface area contributed by atoms with Crippen LogP contribution in [0.2, 0.25) is 0 Å². The van der Waals surface area contributed by atoms with Gasteiger partial charge in [-0.25, -0.2) is 9.67 Å². The van der Waals surface area contributed by atoms with Crippen LogP contribution in [0.5, 0.6) is 5.19 Å². The summed E-state index contributed by atoms with van der Waals surface area (Å²) in [5, 5.41) is 50.8. The highest BCUT2D eigenvalue weighted by atomic mass is 79.9. The third kappa shape index (κ3) is 3.61. The third-order valence-electron chi connectivity index (χ3n) is 5.40. The van der Waals surface area contributed by atoms with E-state index in [-0.39, 0.29) is 10.8 Å². The summed E-state index contributed by atoms with van der Waals surface area (Å²) in [5.41, 5.74) is -1.07. The first-order valence-electron chi connectivity index (χ1n) is 9.29. The van der Waals surface area contributed by atoms with Crippen molar-refractivity contribution < 1.29 is 24.8 Å². The number of thiazole rings is 1. The van der Waals surface area contributed by atoms with Crippen molar-refractivity contribution in [3.63, 3.8) is 0 Å². The number of aliphatic hydroxyl groups is 2. The summed E-state index contributed by atoms with van der Waals surface area (Å²) in [6, 6.07) is 7.14. The summed E-state index contributed by atoms with van der Waals surface area (Å²) in [4.78, 5) is 4.01. The van der Waals surface area contributed by atoms with Crippen molar-refractivity contribution in [2.45, 2.75) is 29.3 Å². The quantitative estimate of drug-likeness (QED) is 0.354. The minimum atomic E-state index is -1.55. The number of rotatable bonds is 5. The van der Waals surface area contributed by atoms with Gasteiger partial charge in [-0.1, -0.05) is 32.5 Å². The van der Waals surface area contributed by atoms with Gasteiger partial charge in [0, 0.05) is 22.5 Å². The number of hydrogen-bond acceptors (Lipinski definition) is 11. The first-order valence-corrected chi connectivity index (χ1v) is 11.5. The maximum absolute atomic E-state index is 11.5. The lowest BCUT2D eigenvalue weighted by Gasteiger charge is -2.51. The van der Waals surface area contributed by atoms with Crippen LogP contribution in [-0.4, -0.2) is 72.8 Å². The Labute approximate surface area is 200 Å². The normalized spacial score (nSPS) is 27.9. The molecule has 0 bridgehead atoms. The van der Waals surface area contributed by atoms with Crippen LogP contribution in [0.1, 0.15) is 11.1 Å². The molecule has 1 aliphatic heterocycles. The smallest absolute Gasteiger partial charge is 0.271 e. The summed E-state index contributed by atoms with van der Waals surface area (Å²) in [6.07, 6.45) is -1.86. The zero-order chi connectivity index (χ0) is 23.0. The molecule has 0 amide bonds. The second-order valence-corrected chi connectivity index (χ2v) is 9.30. The molecule has 1 unspecified atom stereocenters. The highest BCUT2D eigenvalue weighted by molar-refractivity contribution is 9.10. The predicted molar refractivity (Wildman–Crippen MR) is 120 cm³/mol. The zero-order valence-electron chi connectivity index (χ0n) is 16.5. The lowest BCUT2D eigenvalue weighted by atomic mass is 9.74. The molecule has 0 saturated carbocycles. The van der Waals surface area contributed by atoms with Gasteiger partial charge in [0.15, 0.2) is 0 Å². The Balaban J connectivity index is 2.03. The van der Waals surface area contributed by atoms with Gasteiger partial charge < -0.3 is 24.8 Å². The van der Waals surface area contributed by atoms with E-state index in [1.807, 2.05) is 0 Å². The average Bonchev–Trinajstić information content (AvgIpc) is 3.44. The Morgan fingerprint density at radius 2 is 2.22 bits per heavy atom. The Kier molecular flexibility index (Phi) is 6.55. The lowest BCUT2D eigenvalue weighted by molar-refractivity contribution is -0.213. The van der Waals surface area contributed by atoms with Crippen LogP contribution >= 0.6 is 39.9 Å². The number of nitriles is 1. The summed E-state index contributed by atoms with van der Waals surface area (Å²) in [7, 11) is 1.43. The van der Waals surface area contributed by atoms with E-state index in [0.717, 1.165) is 11.3 Å². The summed E-state index contributed by atoms with van der Waals surface area (Å²) < 4.78 is 13.5. The highest BCUT2D eigenvalue weighted by Gasteiger charge is 2.60. The number of hydrogen-bond donors (Lipinski definition) is 4. The van der Waals surface area contributed by atoms with Crippen molar-refractivity contribution in [1.29, 1.82) is 5.26 Å². The number of halogens is 1. The topological polar surface area (TPSA) is 147 Å². The number of nitrogens with zero attached hydrogens (tertiary/aromatic N) is 5. The molecule has 0 radical (unpaired) electrons. The van der Waals surface area contributed by atoms with Crippen LogP contribution < -0.4 is 0 Å². The molecule has 0 aliphatic carbocycles. The van der Waals surface area contributed by atoms with E-state index in [9.17, 15) is 20.6 Å². The summed E-state index contributed by atoms with van der Waals surface area (Å²) >= 11 is 8.97. The number of methoxy groups -OCH3 is 1. The first kappa shape index (κ1) is 23.1. The summed E-state index contributed by atoms with van der Waals surface area (Å²) in [5.74, 6) is 0. The van der Waals surface area contributed by atoms with Crippen LogP contribution in [0.3, 0.4) is 0 Å². The van der Waals surface area contributed by atoms with E-state index in [2.05, 4.69) is 49.9 Å². The predicted octanol–water partition coefficient (Wildman–Crippen LogP) is 1.51. The second kappa shape index (κ2) is 9.06. The van der Waals surface area contributed by atoms with Gasteiger partial charge in [0.25, 0.3) is 5.19 Å². The lowest BCUT2D eigenvalue weighted by Crippen LogP contribution is -2.68. The third-order valence-corrected chi connectivity index (χ3v) is 6.93. The van der Waals surface area contributed by atoms with Gasteiger partial charge >= 0.3 is 0 Å². The van der Waals surface area contributed by atoms with E-state index in [4.69, 9.17) is 9.47 Å². The largest absolute Gasteiger partial charge is 0.486 e. The molecule has 3 heterocycles. The maximum atomic E-state index is 11.5. The van der Waals surface area contributed by atoms with E-state index in [0.29, 0.717) is 21.4 Å². The molecule has 1 saturated heterocycles. The highest BCUT2D eigenvalue weighted by Crippen LogP contribution is 2.45. The molecular formula is C19H18BrN5O5S2. The molecule has 1 fully saturated rings. The molecule has 2 aromatic heterocycles. The van der Waals surface area contributed by atoms with Gasteiger partial charge in [-0.15, -0.1) is 17.7 Å². The van der Waals surface area contributed by atoms with Crippen molar-refractivity contribution in [2.24, 2.45) is 0 Å². The number of aromatic hydroxyl groups is 1. The van der Waals surface area contributed by atoms with Crippen LogP contribution in [0.4, 0.5) is 0 Å². The summed E-state index contributed by atoms with van der Waals surface area (Å²) in [6.45, 7) is -0.506. The van der Waals surface area contributed by atoms with Crippen LogP contribution in [0.25, 0.3) is 11.4 Å². The number of benzene rings is 1. The van der Waals surface area contributed by atoms with Gasteiger partial charge in [-0.05, 0) is 18.2 Å². The fraction of sp³-hybridized carbons (Fsp3) is 0.368. The zero-order valence-corrected chi connectivity index (χ0v) is 19.8. The van der Waals surface area contributed by atoms with Crippen LogP contribution in [0.15, 0.2) is 34.2 Å². The minimum absolute atomic E-state index is 0.125. The monoisotopic (exact) mass is 539 g/mol. The Morgan fingerprint density at radius 1 is 1.44 bits per heavy atom. The molecule has 3 aromatic rings. The van der Waals surface area contributed by atoms with E-state index < -0.39 is 35.9 Å².